The van der Waals surface area contributed by atoms with Crippen LogP contribution in [0.3, 0.4) is 0 Å². The van der Waals surface area contributed by atoms with Gasteiger partial charge in [-0.1, -0.05) is 29.5 Å². The molecule has 0 aromatic rings. The Balaban J connectivity index is 4.33. The van der Waals surface area contributed by atoms with Crippen LogP contribution in [0.4, 0.5) is 0 Å². The van der Waals surface area contributed by atoms with Crippen LogP contribution in [0.25, 0.3) is 0 Å². The lowest BCUT2D eigenvalue weighted by Gasteiger charge is -2.02. The highest BCUT2D eigenvalue weighted by Gasteiger charge is 1.95. The molecule has 0 rings (SSSR count). The molecule has 0 fully saturated rings. The fourth-order valence-corrected chi connectivity index (χ4v) is 0.603. The molecule has 0 aliphatic heterocycles. The summed E-state index contributed by atoms with van der Waals surface area (Å²) in [6.07, 6.45) is 3.99. The molecule has 0 atom stereocenters. The third-order valence-electron chi connectivity index (χ3n) is 1.44. The van der Waals surface area contributed by atoms with Crippen molar-refractivity contribution in [1.29, 1.82) is 0 Å². The number of nitrogens with zero attached hydrogens (tertiary/aromatic N) is 1. The zero-order valence-corrected chi connectivity index (χ0v) is 9.72. The van der Waals surface area contributed by atoms with Crippen molar-refractivity contribution in [2.75, 3.05) is 0 Å². The van der Waals surface area contributed by atoms with Gasteiger partial charge in [0.05, 0.1) is 5.71 Å². The molecule has 0 saturated carbocycles. The summed E-state index contributed by atoms with van der Waals surface area (Å²) in [5, 5.41) is 3.83. The fraction of sp³-hybridized carbons (Fsp3) is 0.417. The van der Waals surface area contributed by atoms with Gasteiger partial charge in [-0.25, -0.2) is 0 Å². The standard InChI is InChI=1S/C12H19NO/c1-9(2)7-8-11(5)12(6)14-13-10(3)4/h7-8H,6H2,1-5H3/b11-8+. The Kier molecular flexibility index (Phi) is 5.61. The van der Waals surface area contributed by atoms with Crippen molar-refractivity contribution in [3.05, 3.63) is 35.6 Å². The van der Waals surface area contributed by atoms with Crippen LogP contribution in [0.5, 0.6) is 0 Å². The van der Waals surface area contributed by atoms with Gasteiger partial charge in [0, 0.05) is 0 Å². The summed E-state index contributed by atoms with van der Waals surface area (Å²) in [5.74, 6) is 0.587. The minimum Gasteiger partial charge on any atom is -0.357 e. The summed E-state index contributed by atoms with van der Waals surface area (Å²) in [6.45, 7) is 13.6. The van der Waals surface area contributed by atoms with E-state index in [9.17, 15) is 0 Å². The SMILES string of the molecule is C=C(ON=C(C)C)/C(C)=C/C=C(C)C. The van der Waals surface area contributed by atoms with Crippen molar-refractivity contribution in [2.24, 2.45) is 5.16 Å². The van der Waals surface area contributed by atoms with E-state index in [0.717, 1.165) is 11.3 Å². The quantitative estimate of drug-likeness (QED) is 0.288. The van der Waals surface area contributed by atoms with Crippen molar-refractivity contribution in [3.63, 3.8) is 0 Å². The Hall–Kier alpha value is -1.31. The summed E-state index contributed by atoms with van der Waals surface area (Å²) in [7, 11) is 0. The van der Waals surface area contributed by atoms with Crippen molar-refractivity contribution in [3.8, 4) is 0 Å². The lowest BCUT2D eigenvalue weighted by atomic mass is 10.2. The number of hydrogen-bond acceptors (Lipinski definition) is 2. The Morgan fingerprint density at radius 1 is 1.07 bits per heavy atom. The molecule has 0 bridgehead atoms. The molecule has 0 heterocycles. The van der Waals surface area contributed by atoms with Crippen LogP contribution in [-0.2, 0) is 4.84 Å². The highest BCUT2D eigenvalue weighted by atomic mass is 16.6. The molecule has 0 unspecified atom stereocenters. The van der Waals surface area contributed by atoms with Gasteiger partial charge in [-0.05, 0) is 40.2 Å². The van der Waals surface area contributed by atoms with Gasteiger partial charge >= 0.3 is 0 Å². The monoisotopic (exact) mass is 193 g/mol. The topological polar surface area (TPSA) is 21.6 Å². The zero-order valence-electron chi connectivity index (χ0n) is 9.72. The van der Waals surface area contributed by atoms with Crippen LogP contribution in [-0.4, -0.2) is 5.71 Å². The maximum Gasteiger partial charge on any atom is 0.153 e. The number of hydrogen-bond donors (Lipinski definition) is 0. The lowest BCUT2D eigenvalue weighted by Crippen LogP contribution is -1.89. The summed E-state index contributed by atoms with van der Waals surface area (Å²) in [4.78, 5) is 5.09. The first kappa shape index (κ1) is 12.7. The number of oxime groups is 1. The predicted octanol–water partition coefficient (Wildman–Crippen LogP) is 3.83. The maximum atomic E-state index is 5.09. The van der Waals surface area contributed by atoms with Crippen LogP contribution in [0, 0.1) is 0 Å². The van der Waals surface area contributed by atoms with Gasteiger partial charge in [0.25, 0.3) is 0 Å². The summed E-state index contributed by atoms with van der Waals surface area (Å²) in [5.41, 5.74) is 3.10. The van der Waals surface area contributed by atoms with Gasteiger partial charge in [-0.15, -0.1) is 0 Å². The first-order chi connectivity index (χ1) is 6.43. The van der Waals surface area contributed by atoms with Gasteiger partial charge < -0.3 is 4.84 Å². The Morgan fingerprint density at radius 3 is 2.07 bits per heavy atom. The van der Waals surface area contributed by atoms with E-state index in [1.807, 2.05) is 46.8 Å². The number of rotatable bonds is 4. The molecule has 0 saturated heterocycles. The van der Waals surface area contributed by atoms with E-state index in [0.29, 0.717) is 5.76 Å². The smallest absolute Gasteiger partial charge is 0.153 e. The van der Waals surface area contributed by atoms with Gasteiger partial charge in [0.1, 0.15) is 0 Å². The third-order valence-corrected chi connectivity index (χ3v) is 1.44. The Morgan fingerprint density at radius 2 is 1.64 bits per heavy atom. The van der Waals surface area contributed by atoms with Crippen molar-refractivity contribution in [1.82, 2.24) is 0 Å². The van der Waals surface area contributed by atoms with Crippen LogP contribution in [0.15, 0.2) is 40.8 Å². The van der Waals surface area contributed by atoms with E-state index in [4.69, 9.17) is 4.84 Å². The first-order valence-electron chi connectivity index (χ1n) is 4.62. The van der Waals surface area contributed by atoms with Crippen LogP contribution in [0.1, 0.15) is 34.6 Å². The molecule has 2 nitrogen and oxygen atoms in total. The molecule has 0 aliphatic carbocycles. The van der Waals surface area contributed by atoms with Crippen LogP contribution >= 0.6 is 0 Å². The number of allylic oxidation sites excluding steroid dienone is 4. The predicted molar refractivity (Wildman–Crippen MR) is 62.2 cm³/mol. The summed E-state index contributed by atoms with van der Waals surface area (Å²) < 4.78 is 0. The molecule has 0 aromatic heterocycles. The van der Waals surface area contributed by atoms with Gasteiger partial charge in [0.2, 0.25) is 0 Å². The lowest BCUT2D eigenvalue weighted by molar-refractivity contribution is 0.237. The fourth-order valence-electron chi connectivity index (χ4n) is 0.603. The maximum absolute atomic E-state index is 5.09. The van der Waals surface area contributed by atoms with Crippen molar-refractivity contribution < 1.29 is 4.84 Å². The molecule has 2 heteroatoms. The molecule has 0 aromatic carbocycles. The zero-order chi connectivity index (χ0) is 11.1. The normalized spacial score (nSPS) is 10.5. The van der Waals surface area contributed by atoms with Crippen LogP contribution < -0.4 is 0 Å². The van der Waals surface area contributed by atoms with E-state index in [1.54, 1.807) is 0 Å². The summed E-state index contributed by atoms with van der Waals surface area (Å²) >= 11 is 0. The van der Waals surface area contributed by atoms with Gasteiger partial charge in [0.15, 0.2) is 5.76 Å². The van der Waals surface area contributed by atoms with E-state index >= 15 is 0 Å². The van der Waals surface area contributed by atoms with Crippen molar-refractivity contribution >= 4 is 5.71 Å². The van der Waals surface area contributed by atoms with Gasteiger partial charge in [-0.3, -0.25) is 0 Å². The molecule has 0 N–H and O–H groups in total. The Bertz CT molecular complexity index is 287. The second-order valence-electron chi connectivity index (χ2n) is 3.65. The molecular formula is C12H19NO. The minimum atomic E-state index is 0.587. The molecule has 0 spiro atoms. The molecule has 14 heavy (non-hydrogen) atoms. The second kappa shape index (κ2) is 6.19. The Labute approximate surface area is 86.6 Å². The molecule has 78 valence electrons. The van der Waals surface area contributed by atoms with E-state index < -0.39 is 0 Å². The average molecular weight is 193 g/mol. The molecule has 0 amide bonds. The highest BCUT2D eigenvalue weighted by Crippen LogP contribution is 2.09. The highest BCUT2D eigenvalue weighted by molar-refractivity contribution is 5.78. The van der Waals surface area contributed by atoms with E-state index in [2.05, 4.69) is 11.7 Å². The average Bonchev–Trinajstić information content (AvgIpc) is 2.09. The third kappa shape index (κ3) is 6.23. The largest absolute Gasteiger partial charge is 0.357 e. The van der Waals surface area contributed by atoms with E-state index in [-0.39, 0.29) is 0 Å². The van der Waals surface area contributed by atoms with Crippen molar-refractivity contribution in [2.45, 2.75) is 34.6 Å². The molecular weight excluding hydrogens is 174 g/mol. The minimum absolute atomic E-state index is 0.587. The summed E-state index contributed by atoms with van der Waals surface area (Å²) in [6, 6.07) is 0. The van der Waals surface area contributed by atoms with Gasteiger partial charge in [-0.2, -0.15) is 0 Å². The first-order valence-corrected chi connectivity index (χ1v) is 4.62. The van der Waals surface area contributed by atoms with E-state index in [1.165, 1.54) is 5.57 Å². The molecule has 0 radical (unpaired) electrons. The molecule has 0 aliphatic rings. The second-order valence-corrected chi connectivity index (χ2v) is 3.65. The van der Waals surface area contributed by atoms with Crippen LogP contribution in [0.2, 0.25) is 0 Å².